The summed E-state index contributed by atoms with van der Waals surface area (Å²) in [5.74, 6) is -0.726. The number of carbonyl (C=O) groups is 3. The van der Waals surface area contributed by atoms with E-state index in [2.05, 4.69) is 5.32 Å². The van der Waals surface area contributed by atoms with Crippen LogP contribution in [-0.4, -0.2) is 35.4 Å². The molecule has 1 N–H and O–H groups in total. The summed E-state index contributed by atoms with van der Waals surface area (Å²) < 4.78 is 10.7. The summed E-state index contributed by atoms with van der Waals surface area (Å²) in [5.41, 5.74) is 0.158. The van der Waals surface area contributed by atoms with Gasteiger partial charge in [-0.05, 0) is 40.2 Å². The Morgan fingerprint density at radius 2 is 1.62 bits per heavy atom. The predicted molar refractivity (Wildman–Crippen MR) is 89.5 cm³/mol. The monoisotopic (exact) mass is 335 g/mol. The van der Waals surface area contributed by atoms with Gasteiger partial charge in [0.15, 0.2) is 11.6 Å². The molecule has 0 saturated heterocycles. The summed E-state index contributed by atoms with van der Waals surface area (Å²) in [6.45, 7) is 7.91. The Morgan fingerprint density at radius 1 is 1.04 bits per heavy atom. The maximum Gasteiger partial charge on any atom is 0.408 e. The first-order valence-electron chi connectivity index (χ1n) is 7.76. The first kappa shape index (κ1) is 19.8. The van der Waals surface area contributed by atoms with Crippen molar-refractivity contribution in [3.63, 3.8) is 0 Å². The average Bonchev–Trinajstić information content (AvgIpc) is 2.45. The van der Waals surface area contributed by atoms with Crippen LogP contribution in [0, 0.1) is 0 Å². The molecule has 0 aliphatic rings. The van der Waals surface area contributed by atoms with Gasteiger partial charge in [0.2, 0.25) is 0 Å². The van der Waals surface area contributed by atoms with Gasteiger partial charge in [0, 0.05) is 0 Å². The van der Waals surface area contributed by atoms with E-state index in [1.54, 1.807) is 20.8 Å². The van der Waals surface area contributed by atoms with Gasteiger partial charge in [-0.15, -0.1) is 0 Å². The quantitative estimate of drug-likeness (QED) is 0.828. The number of carbonyl (C=O) groups excluding carboxylic acids is 3. The summed E-state index contributed by atoms with van der Waals surface area (Å²) in [5, 5.41) is 2.43. The van der Waals surface area contributed by atoms with Crippen LogP contribution in [0.15, 0.2) is 30.3 Å². The first-order chi connectivity index (χ1) is 11.1. The van der Waals surface area contributed by atoms with Crippen LogP contribution in [0.4, 0.5) is 4.79 Å². The molecule has 132 valence electrons. The van der Waals surface area contributed by atoms with Crippen LogP contribution in [0.3, 0.4) is 0 Å². The number of Topliss-reactive ketones (excluding diaryl/α,β-unsaturated/α-hetero) is 2. The lowest BCUT2D eigenvalue weighted by molar-refractivity contribution is -0.137. The van der Waals surface area contributed by atoms with E-state index >= 15 is 0 Å². The highest BCUT2D eigenvalue weighted by atomic mass is 16.6. The van der Waals surface area contributed by atoms with Gasteiger partial charge in [0.05, 0.1) is 6.61 Å². The van der Waals surface area contributed by atoms with Crippen LogP contribution in [-0.2, 0) is 25.7 Å². The molecule has 24 heavy (non-hydrogen) atoms. The second-order valence-corrected chi connectivity index (χ2v) is 6.56. The van der Waals surface area contributed by atoms with Gasteiger partial charge in [0.25, 0.3) is 0 Å². The van der Waals surface area contributed by atoms with E-state index < -0.39 is 23.8 Å². The molecule has 0 unspecified atom stereocenters. The van der Waals surface area contributed by atoms with Gasteiger partial charge in [0.1, 0.15) is 17.7 Å². The maximum atomic E-state index is 11.9. The van der Waals surface area contributed by atoms with Crippen LogP contribution in [0.25, 0.3) is 0 Å². The maximum absolute atomic E-state index is 11.9. The third-order valence-corrected chi connectivity index (χ3v) is 3.09. The second kappa shape index (κ2) is 8.59. The Balaban J connectivity index is 2.81. The van der Waals surface area contributed by atoms with Crippen LogP contribution in [0.1, 0.15) is 40.2 Å². The van der Waals surface area contributed by atoms with Gasteiger partial charge in [-0.25, -0.2) is 4.79 Å². The van der Waals surface area contributed by atoms with E-state index in [0.717, 1.165) is 5.56 Å². The average molecular weight is 335 g/mol. The molecule has 0 aliphatic carbocycles. The molecule has 1 aromatic carbocycles. The number of hydrogen-bond acceptors (Lipinski definition) is 5. The van der Waals surface area contributed by atoms with Crippen LogP contribution < -0.4 is 5.32 Å². The van der Waals surface area contributed by atoms with Crippen molar-refractivity contribution in [2.75, 3.05) is 0 Å². The van der Waals surface area contributed by atoms with Gasteiger partial charge < -0.3 is 14.8 Å². The lowest BCUT2D eigenvalue weighted by Crippen LogP contribution is -2.52. The van der Waals surface area contributed by atoms with E-state index in [-0.39, 0.29) is 18.2 Å². The van der Waals surface area contributed by atoms with Crippen LogP contribution in [0.5, 0.6) is 0 Å². The fraction of sp³-hybridized carbons (Fsp3) is 0.500. The lowest BCUT2D eigenvalue weighted by atomic mass is 10.0. The van der Waals surface area contributed by atoms with E-state index in [1.165, 1.54) is 13.8 Å². The Labute approximate surface area is 142 Å². The molecule has 1 rings (SSSR count). The van der Waals surface area contributed by atoms with Crippen molar-refractivity contribution in [3.8, 4) is 0 Å². The van der Waals surface area contributed by atoms with Crippen molar-refractivity contribution in [2.24, 2.45) is 0 Å². The molecule has 0 spiro atoms. The minimum absolute atomic E-state index is 0.158. The van der Waals surface area contributed by atoms with E-state index in [1.807, 2.05) is 30.3 Å². The SMILES string of the molecule is CC(=O)[C@@H](NC(=O)OC(C)(C)C)[C@H](OCc1ccccc1)C(C)=O. The van der Waals surface area contributed by atoms with E-state index in [9.17, 15) is 14.4 Å². The molecule has 0 saturated carbocycles. The smallest absolute Gasteiger partial charge is 0.408 e. The molecule has 2 atom stereocenters. The predicted octanol–water partition coefficient (Wildman–Crippen LogP) is 2.64. The summed E-state index contributed by atoms with van der Waals surface area (Å²) in [6.07, 6.45) is -1.84. The number of alkyl carbamates (subject to hydrolysis) is 1. The molecule has 0 heterocycles. The zero-order valence-electron chi connectivity index (χ0n) is 14.8. The van der Waals surface area contributed by atoms with Gasteiger partial charge in [-0.1, -0.05) is 30.3 Å². The Hall–Kier alpha value is -2.21. The molecule has 6 heteroatoms. The number of hydrogen-bond donors (Lipinski definition) is 1. The van der Waals surface area contributed by atoms with Gasteiger partial charge >= 0.3 is 6.09 Å². The molecule has 6 nitrogen and oxygen atoms in total. The van der Waals surface area contributed by atoms with Gasteiger partial charge in [-0.2, -0.15) is 0 Å². The molecule has 0 fully saturated rings. The van der Waals surface area contributed by atoms with E-state index in [4.69, 9.17) is 9.47 Å². The number of amides is 1. The second-order valence-electron chi connectivity index (χ2n) is 6.56. The highest BCUT2D eigenvalue weighted by Crippen LogP contribution is 2.11. The molecular weight excluding hydrogens is 310 g/mol. The van der Waals surface area contributed by atoms with Crippen LogP contribution >= 0.6 is 0 Å². The highest BCUT2D eigenvalue weighted by molar-refractivity contribution is 5.93. The Kier molecular flexibility index (Phi) is 7.10. The zero-order valence-corrected chi connectivity index (χ0v) is 14.8. The van der Waals surface area contributed by atoms with Crippen molar-refractivity contribution in [1.82, 2.24) is 5.32 Å². The fourth-order valence-corrected chi connectivity index (χ4v) is 2.03. The number of nitrogens with one attached hydrogen (secondary N) is 1. The normalized spacial score (nSPS) is 13.7. The summed E-state index contributed by atoms with van der Waals surface area (Å²) >= 11 is 0. The third kappa shape index (κ3) is 6.91. The number of ketones is 2. The summed E-state index contributed by atoms with van der Waals surface area (Å²) in [4.78, 5) is 35.7. The minimum Gasteiger partial charge on any atom is -0.444 e. The van der Waals surface area contributed by atoms with E-state index in [0.29, 0.717) is 0 Å². The molecule has 0 radical (unpaired) electrons. The van der Waals surface area contributed by atoms with Crippen molar-refractivity contribution in [3.05, 3.63) is 35.9 Å². The Bertz CT molecular complexity index is 577. The fourth-order valence-electron chi connectivity index (χ4n) is 2.03. The standard InChI is InChI=1S/C18H25NO5/c1-12(20)15(19-17(22)24-18(3,4)5)16(13(2)21)23-11-14-9-7-6-8-10-14/h6-10,15-16H,11H2,1-5H3,(H,19,22)/t15-,16-/m1/s1. The van der Waals surface area contributed by atoms with Crippen molar-refractivity contribution >= 4 is 17.7 Å². The first-order valence-corrected chi connectivity index (χ1v) is 7.76. The number of rotatable bonds is 7. The summed E-state index contributed by atoms with van der Waals surface area (Å²) in [7, 11) is 0. The Morgan fingerprint density at radius 3 is 2.08 bits per heavy atom. The molecule has 0 aromatic heterocycles. The minimum atomic E-state index is -1.10. The number of ether oxygens (including phenoxy) is 2. The largest absolute Gasteiger partial charge is 0.444 e. The molecule has 0 bridgehead atoms. The molecular formula is C18H25NO5. The topological polar surface area (TPSA) is 81.7 Å². The van der Waals surface area contributed by atoms with Gasteiger partial charge in [-0.3, -0.25) is 9.59 Å². The molecule has 0 aliphatic heterocycles. The van der Waals surface area contributed by atoms with Crippen molar-refractivity contribution in [1.29, 1.82) is 0 Å². The molecule has 1 aromatic rings. The zero-order chi connectivity index (χ0) is 18.3. The lowest BCUT2D eigenvalue weighted by Gasteiger charge is -2.26. The number of benzene rings is 1. The molecule has 1 amide bonds. The highest BCUT2D eigenvalue weighted by Gasteiger charge is 2.33. The van der Waals surface area contributed by atoms with Crippen molar-refractivity contribution in [2.45, 2.75) is 59.0 Å². The summed E-state index contributed by atoms with van der Waals surface area (Å²) in [6, 6.07) is 8.17. The van der Waals surface area contributed by atoms with Crippen LogP contribution in [0.2, 0.25) is 0 Å². The van der Waals surface area contributed by atoms with Crippen molar-refractivity contribution < 1.29 is 23.9 Å². The third-order valence-electron chi connectivity index (χ3n) is 3.09.